The van der Waals surface area contributed by atoms with Gasteiger partial charge in [-0.05, 0) is 26.3 Å². The topological polar surface area (TPSA) is 77.6 Å². The first-order valence-electron chi connectivity index (χ1n) is 8.79. The molecule has 2 aliphatic heterocycles. The minimum atomic E-state index is -0.832. The number of anilines is 1. The number of thioether (sulfide) groups is 1. The summed E-state index contributed by atoms with van der Waals surface area (Å²) in [7, 11) is 0. The van der Waals surface area contributed by atoms with Crippen molar-refractivity contribution in [3.05, 3.63) is 33.5 Å². The number of hydrogen-bond donors (Lipinski definition) is 1. The quantitative estimate of drug-likeness (QED) is 0.805. The first kappa shape index (κ1) is 18.2. The van der Waals surface area contributed by atoms with Gasteiger partial charge in [-0.1, -0.05) is 11.8 Å². The third-order valence-corrected chi connectivity index (χ3v) is 6.16. The molecule has 1 saturated heterocycles. The summed E-state index contributed by atoms with van der Waals surface area (Å²) in [6, 6.07) is 0.872. The van der Waals surface area contributed by atoms with Crippen molar-refractivity contribution in [3.8, 4) is 0 Å². The number of fused-ring (bicyclic) bond motifs is 3. The smallest absolute Gasteiger partial charge is 0.344 e. The SMILES string of the molecule is CCOC(=O)c1c2n(c3c(F)c(N4CC[C@@H](N)C4)c(F)cc3c1=O)C(C)S2. The number of nitrogens with zero attached hydrogens (tertiary/aromatic N) is 2. The Hall–Kier alpha value is -2.13. The van der Waals surface area contributed by atoms with E-state index in [2.05, 4.69) is 0 Å². The molecule has 4 rings (SSSR count). The second kappa shape index (κ2) is 6.49. The zero-order valence-electron chi connectivity index (χ0n) is 14.9. The highest BCUT2D eigenvalue weighted by atomic mass is 32.2. The van der Waals surface area contributed by atoms with Crippen LogP contribution in [-0.2, 0) is 4.74 Å². The number of hydrogen-bond acceptors (Lipinski definition) is 6. The zero-order chi connectivity index (χ0) is 19.5. The number of pyridine rings is 1. The Morgan fingerprint density at radius 3 is 2.78 bits per heavy atom. The van der Waals surface area contributed by atoms with Gasteiger partial charge in [-0.15, -0.1) is 0 Å². The molecule has 3 heterocycles. The first-order chi connectivity index (χ1) is 12.8. The predicted octanol–water partition coefficient (Wildman–Crippen LogP) is 2.62. The van der Waals surface area contributed by atoms with Crippen LogP contribution >= 0.6 is 11.8 Å². The van der Waals surface area contributed by atoms with Crippen LogP contribution in [0.15, 0.2) is 15.9 Å². The number of halogens is 2. The number of carbonyl (C=O) groups is 1. The Balaban J connectivity index is 2.01. The Morgan fingerprint density at radius 1 is 1.44 bits per heavy atom. The summed E-state index contributed by atoms with van der Waals surface area (Å²) in [4.78, 5) is 26.7. The number of nitrogens with two attached hydrogens (primary N) is 1. The second-order valence-corrected chi connectivity index (χ2v) is 8.03. The Bertz CT molecular complexity index is 1020. The zero-order valence-corrected chi connectivity index (χ0v) is 15.7. The fourth-order valence-electron chi connectivity index (χ4n) is 3.75. The summed E-state index contributed by atoms with van der Waals surface area (Å²) in [6.07, 6.45) is 0.642. The molecular weight excluding hydrogens is 376 g/mol. The van der Waals surface area contributed by atoms with E-state index in [0.29, 0.717) is 24.5 Å². The predicted molar refractivity (Wildman–Crippen MR) is 99.5 cm³/mol. The van der Waals surface area contributed by atoms with Gasteiger partial charge < -0.3 is 19.9 Å². The normalized spacial score (nSPS) is 21.3. The molecule has 1 aromatic heterocycles. The van der Waals surface area contributed by atoms with E-state index in [1.165, 1.54) is 11.8 Å². The molecule has 9 heteroatoms. The lowest BCUT2D eigenvalue weighted by Gasteiger charge is -2.33. The molecule has 2 aliphatic rings. The van der Waals surface area contributed by atoms with Crippen LogP contribution in [-0.4, -0.2) is 36.3 Å². The number of rotatable bonds is 3. The molecule has 0 bridgehead atoms. The monoisotopic (exact) mass is 395 g/mol. The molecule has 0 radical (unpaired) electrons. The minimum absolute atomic E-state index is 0.0196. The third kappa shape index (κ3) is 2.63. The average molecular weight is 395 g/mol. The van der Waals surface area contributed by atoms with E-state index in [1.807, 2.05) is 6.92 Å². The van der Waals surface area contributed by atoms with Gasteiger partial charge in [0, 0.05) is 19.1 Å². The van der Waals surface area contributed by atoms with Gasteiger partial charge >= 0.3 is 5.97 Å². The van der Waals surface area contributed by atoms with Crippen LogP contribution in [0.3, 0.4) is 0 Å². The molecule has 0 aliphatic carbocycles. The van der Waals surface area contributed by atoms with Crippen LogP contribution in [0.1, 0.15) is 36.0 Å². The largest absolute Gasteiger partial charge is 0.462 e. The summed E-state index contributed by atoms with van der Waals surface area (Å²) >= 11 is 1.28. The molecule has 1 fully saturated rings. The van der Waals surface area contributed by atoms with E-state index in [1.54, 1.807) is 16.4 Å². The van der Waals surface area contributed by atoms with Crippen LogP contribution < -0.4 is 16.1 Å². The molecule has 0 saturated carbocycles. The van der Waals surface area contributed by atoms with Gasteiger partial charge in [0.1, 0.15) is 17.1 Å². The lowest BCUT2D eigenvalue weighted by Crippen LogP contribution is -2.31. The maximum absolute atomic E-state index is 15.4. The Morgan fingerprint density at radius 2 is 2.19 bits per heavy atom. The molecule has 0 amide bonds. The summed E-state index contributed by atoms with van der Waals surface area (Å²) in [5.74, 6) is -2.40. The first-order valence-corrected chi connectivity index (χ1v) is 9.67. The van der Waals surface area contributed by atoms with Gasteiger partial charge in [-0.25, -0.2) is 13.6 Å². The Kier molecular flexibility index (Phi) is 4.38. The number of ether oxygens (including phenoxy) is 1. The average Bonchev–Trinajstić information content (AvgIpc) is 3.02. The van der Waals surface area contributed by atoms with Crippen molar-refractivity contribution in [2.45, 2.75) is 36.7 Å². The maximum atomic E-state index is 15.4. The summed E-state index contributed by atoms with van der Waals surface area (Å²) < 4.78 is 36.7. The number of aromatic nitrogens is 1. The van der Waals surface area contributed by atoms with Crippen molar-refractivity contribution >= 4 is 34.3 Å². The number of benzene rings is 1. The summed E-state index contributed by atoms with van der Waals surface area (Å²) in [6.45, 7) is 4.35. The molecule has 2 aromatic rings. The van der Waals surface area contributed by atoms with Gasteiger partial charge in [0.15, 0.2) is 5.82 Å². The highest BCUT2D eigenvalue weighted by Gasteiger charge is 2.36. The van der Waals surface area contributed by atoms with Crippen molar-refractivity contribution < 1.29 is 18.3 Å². The third-order valence-electron chi connectivity index (χ3n) is 4.98. The van der Waals surface area contributed by atoms with Crippen molar-refractivity contribution in [1.29, 1.82) is 0 Å². The maximum Gasteiger partial charge on any atom is 0.344 e. The lowest BCUT2D eigenvalue weighted by molar-refractivity contribution is 0.0518. The molecule has 2 N–H and O–H groups in total. The van der Waals surface area contributed by atoms with Crippen molar-refractivity contribution in [2.75, 3.05) is 24.6 Å². The van der Waals surface area contributed by atoms with Crippen LogP contribution in [0.2, 0.25) is 0 Å². The second-order valence-electron chi connectivity index (χ2n) is 6.73. The van der Waals surface area contributed by atoms with Gasteiger partial charge in [0.2, 0.25) is 5.43 Å². The summed E-state index contributed by atoms with van der Waals surface area (Å²) in [5.41, 5.74) is 4.85. The molecule has 1 aromatic carbocycles. The van der Waals surface area contributed by atoms with E-state index in [4.69, 9.17) is 10.5 Å². The van der Waals surface area contributed by atoms with Crippen molar-refractivity contribution in [3.63, 3.8) is 0 Å². The Labute approximate surface area is 158 Å². The highest BCUT2D eigenvalue weighted by molar-refractivity contribution is 8.00. The molecule has 0 spiro atoms. The van der Waals surface area contributed by atoms with Crippen molar-refractivity contribution in [1.82, 2.24) is 4.57 Å². The fourth-order valence-corrected chi connectivity index (χ4v) is 4.89. The van der Waals surface area contributed by atoms with E-state index in [9.17, 15) is 14.0 Å². The van der Waals surface area contributed by atoms with E-state index in [-0.39, 0.29) is 40.2 Å². The van der Waals surface area contributed by atoms with Gasteiger partial charge in [0.05, 0.1) is 27.9 Å². The van der Waals surface area contributed by atoms with Gasteiger partial charge in [0.25, 0.3) is 0 Å². The van der Waals surface area contributed by atoms with Crippen molar-refractivity contribution in [2.24, 2.45) is 5.73 Å². The van der Waals surface area contributed by atoms with Crippen LogP contribution in [0.4, 0.5) is 14.5 Å². The van der Waals surface area contributed by atoms with E-state index >= 15 is 4.39 Å². The van der Waals surface area contributed by atoms with E-state index in [0.717, 1.165) is 6.07 Å². The van der Waals surface area contributed by atoms with Crippen LogP contribution in [0.25, 0.3) is 10.9 Å². The van der Waals surface area contributed by atoms with E-state index < -0.39 is 23.0 Å². The summed E-state index contributed by atoms with van der Waals surface area (Å²) in [5, 5.41) is 0.00847. The molecular formula is C18H19F2N3O3S. The fraction of sp³-hybridized carbons (Fsp3) is 0.444. The molecule has 144 valence electrons. The molecule has 6 nitrogen and oxygen atoms in total. The highest BCUT2D eigenvalue weighted by Crippen LogP contribution is 2.47. The van der Waals surface area contributed by atoms with Crippen LogP contribution in [0.5, 0.6) is 0 Å². The minimum Gasteiger partial charge on any atom is -0.462 e. The molecule has 2 atom stereocenters. The van der Waals surface area contributed by atoms with Crippen LogP contribution in [0, 0.1) is 11.6 Å². The molecule has 1 unspecified atom stereocenters. The number of esters is 1. The lowest BCUT2D eigenvalue weighted by atomic mass is 10.1. The van der Waals surface area contributed by atoms with Gasteiger partial charge in [-0.2, -0.15) is 0 Å². The van der Waals surface area contributed by atoms with Gasteiger partial charge in [-0.3, -0.25) is 4.79 Å². The number of carbonyl (C=O) groups excluding carboxylic acids is 1. The standard InChI is InChI=1S/C18H19F2N3O3S/c1-3-26-18(25)12-16(24)10-6-11(19)15(22-5-4-9(21)7-22)13(20)14(10)23-8(2)27-17(12)23/h6,8-9H,3-5,7,21H2,1-2H3/t8?,9-/m1/s1. The molecule has 27 heavy (non-hydrogen) atoms.